The average Bonchev–Trinajstić information content (AvgIpc) is 2.90. The lowest BCUT2D eigenvalue weighted by atomic mass is 10.1. The van der Waals surface area contributed by atoms with Crippen LogP contribution in [0.15, 0.2) is 29.4 Å². The second kappa shape index (κ2) is 5.47. The van der Waals surface area contributed by atoms with Gasteiger partial charge in [-0.3, -0.25) is 5.10 Å². The molecule has 2 aromatic rings. The smallest absolute Gasteiger partial charge is 0.241 e. The molecule has 0 bridgehead atoms. The van der Waals surface area contributed by atoms with Gasteiger partial charge in [0.15, 0.2) is 0 Å². The number of aromatic nitrogens is 3. The van der Waals surface area contributed by atoms with Gasteiger partial charge in [-0.25, -0.2) is 18.1 Å². The number of hydrogen-bond donors (Lipinski definition) is 3. The topological polar surface area (TPSA) is 114 Å². The number of nitrogens with two attached hydrogens (primary N) is 1. The predicted octanol–water partition coefficient (Wildman–Crippen LogP) is 0.0503. The van der Waals surface area contributed by atoms with E-state index < -0.39 is 10.0 Å². The lowest BCUT2D eigenvalue weighted by Crippen LogP contribution is -2.24. The summed E-state index contributed by atoms with van der Waals surface area (Å²) in [7, 11) is -3.59. The number of aryl methyl sites for hydroxylation is 1. The highest BCUT2D eigenvalue weighted by Gasteiger charge is 2.17. The third kappa shape index (κ3) is 3.16. The molecule has 0 atom stereocenters. The lowest BCUT2D eigenvalue weighted by Gasteiger charge is -2.09. The summed E-state index contributed by atoms with van der Waals surface area (Å²) in [5, 5.41) is 6.24. The summed E-state index contributed by atoms with van der Waals surface area (Å²) in [6.45, 7) is 2.10. The Morgan fingerprint density at radius 3 is 2.84 bits per heavy atom. The number of nitrogens with zero attached hydrogens (tertiary/aromatic N) is 2. The second-order valence-corrected chi connectivity index (χ2v) is 5.80. The molecule has 0 aliphatic carbocycles. The Balaban J connectivity index is 2.23. The van der Waals surface area contributed by atoms with Crippen LogP contribution in [0, 0.1) is 6.92 Å². The summed E-state index contributed by atoms with van der Waals surface area (Å²) in [4.78, 5) is 4.09. The normalized spacial score (nSPS) is 11.7. The minimum absolute atomic E-state index is 0.0641. The van der Waals surface area contributed by atoms with E-state index in [4.69, 9.17) is 5.73 Å². The largest absolute Gasteiger partial charge is 0.326 e. The zero-order valence-electron chi connectivity index (χ0n) is 10.4. The fourth-order valence-corrected chi connectivity index (χ4v) is 2.90. The molecule has 0 aliphatic heterocycles. The van der Waals surface area contributed by atoms with Crippen molar-refractivity contribution < 1.29 is 8.42 Å². The van der Waals surface area contributed by atoms with Crippen LogP contribution in [0.4, 0.5) is 0 Å². The number of benzene rings is 1. The molecule has 0 spiro atoms. The van der Waals surface area contributed by atoms with Crippen LogP contribution < -0.4 is 10.5 Å². The Morgan fingerprint density at radius 1 is 1.42 bits per heavy atom. The first-order valence-corrected chi connectivity index (χ1v) is 7.15. The van der Waals surface area contributed by atoms with E-state index in [0.717, 1.165) is 5.56 Å². The van der Waals surface area contributed by atoms with Gasteiger partial charge in [-0.15, -0.1) is 0 Å². The van der Waals surface area contributed by atoms with Gasteiger partial charge in [0, 0.05) is 6.54 Å². The van der Waals surface area contributed by atoms with Gasteiger partial charge in [0.05, 0.1) is 11.4 Å². The first-order valence-electron chi connectivity index (χ1n) is 5.66. The van der Waals surface area contributed by atoms with Crippen LogP contribution in [0.5, 0.6) is 0 Å². The van der Waals surface area contributed by atoms with Crippen molar-refractivity contribution in [2.45, 2.75) is 24.9 Å². The monoisotopic (exact) mass is 281 g/mol. The van der Waals surface area contributed by atoms with E-state index in [1.807, 2.05) is 6.07 Å². The third-order valence-corrected chi connectivity index (χ3v) is 4.22. The molecule has 1 aromatic heterocycles. The minimum Gasteiger partial charge on any atom is -0.326 e. The van der Waals surface area contributed by atoms with Gasteiger partial charge >= 0.3 is 0 Å². The lowest BCUT2D eigenvalue weighted by molar-refractivity contribution is 0.578. The molecule has 0 aliphatic rings. The highest BCUT2D eigenvalue weighted by Crippen LogP contribution is 2.17. The molecule has 19 heavy (non-hydrogen) atoms. The maximum absolute atomic E-state index is 12.2. The number of H-pyrrole nitrogens is 1. The molecular formula is C11H15N5O2S. The summed E-state index contributed by atoms with van der Waals surface area (Å²) in [6, 6.07) is 5.13. The van der Waals surface area contributed by atoms with Crippen LogP contribution in [-0.4, -0.2) is 23.6 Å². The number of rotatable bonds is 5. The Morgan fingerprint density at radius 2 is 2.21 bits per heavy atom. The first kappa shape index (κ1) is 13.7. The van der Waals surface area contributed by atoms with Gasteiger partial charge in [0.25, 0.3) is 0 Å². The van der Waals surface area contributed by atoms with E-state index in [-0.39, 0.29) is 11.4 Å². The Hall–Kier alpha value is -1.77. The molecule has 0 unspecified atom stereocenters. The van der Waals surface area contributed by atoms with Crippen molar-refractivity contribution >= 4 is 10.0 Å². The maximum Gasteiger partial charge on any atom is 0.241 e. The molecule has 4 N–H and O–H groups in total. The van der Waals surface area contributed by atoms with Crippen LogP contribution in [0.3, 0.4) is 0 Å². The zero-order valence-corrected chi connectivity index (χ0v) is 11.2. The molecule has 1 aromatic carbocycles. The van der Waals surface area contributed by atoms with Crippen molar-refractivity contribution in [3.63, 3.8) is 0 Å². The molecule has 0 saturated carbocycles. The molecule has 0 radical (unpaired) electrons. The van der Waals surface area contributed by atoms with Gasteiger partial charge in [-0.05, 0) is 24.1 Å². The SMILES string of the molecule is Cc1ccc(CN)cc1S(=O)(=O)NCc1ncn[nH]1. The van der Waals surface area contributed by atoms with E-state index >= 15 is 0 Å². The summed E-state index contributed by atoms with van der Waals surface area (Å²) in [6.07, 6.45) is 1.32. The van der Waals surface area contributed by atoms with Crippen LogP contribution >= 0.6 is 0 Å². The number of aromatic amines is 1. The molecule has 0 amide bonds. The van der Waals surface area contributed by atoms with Crippen molar-refractivity contribution in [1.82, 2.24) is 19.9 Å². The van der Waals surface area contributed by atoms with E-state index in [0.29, 0.717) is 17.9 Å². The van der Waals surface area contributed by atoms with E-state index in [9.17, 15) is 8.42 Å². The average molecular weight is 281 g/mol. The fraction of sp³-hybridized carbons (Fsp3) is 0.273. The second-order valence-electron chi connectivity index (χ2n) is 4.06. The van der Waals surface area contributed by atoms with E-state index in [2.05, 4.69) is 19.9 Å². The Kier molecular flexibility index (Phi) is 3.93. The molecule has 2 rings (SSSR count). The van der Waals surface area contributed by atoms with Crippen LogP contribution in [0.25, 0.3) is 0 Å². The molecule has 7 nitrogen and oxygen atoms in total. The van der Waals surface area contributed by atoms with E-state index in [1.165, 1.54) is 6.33 Å². The molecule has 0 saturated heterocycles. The Labute approximate surface area is 111 Å². The molecule has 8 heteroatoms. The first-order chi connectivity index (χ1) is 9.03. The fourth-order valence-electron chi connectivity index (χ4n) is 1.62. The van der Waals surface area contributed by atoms with Crippen molar-refractivity contribution in [3.8, 4) is 0 Å². The van der Waals surface area contributed by atoms with Gasteiger partial charge in [0.2, 0.25) is 10.0 Å². The van der Waals surface area contributed by atoms with Gasteiger partial charge in [-0.2, -0.15) is 5.10 Å². The maximum atomic E-state index is 12.2. The highest BCUT2D eigenvalue weighted by molar-refractivity contribution is 7.89. The van der Waals surface area contributed by atoms with Crippen molar-refractivity contribution in [3.05, 3.63) is 41.5 Å². The van der Waals surface area contributed by atoms with Crippen LogP contribution in [0.2, 0.25) is 0 Å². The molecule has 0 fully saturated rings. The number of hydrogen-bond acceptors (Lipinski definition) is 5. The minimum atomic E-state index is -3.59. The quantitative estimate of drug-likeness (QED) is 0.716. The molecule has 1 heterocycles. The van der Waals surface area contributed by atoms with Gasteiger partial charge in [0.1, 0.15) is 12.2 Å². The number of sulfonamides is 1. The van der Waals surface area contributed by atoms with Crippen LogP contribution in [-0.2, 0) is 23.1 Å². The van der Waals surface area contributed by atoms with Gasteiger partial charge < -0.3 is 5.73 Å². The molecular weight excluding hydrogens is 266 g/mol. The van der Waals surface area contributed by atoms with Crippen molar-refractivity contribution in [1.29, 1.82) is 0 Å². The third-order valence-electron chi connectivity index (χ3n) is 2.67. The summed E-state index contributed by atoms with van der Waals surface area (Å²) in [5.41, 5.74) is 6.96. The van der Waals surface area contributed by atoms with Crippen molar-refractivity contribution in [2.75, 3.05) is 0 Å². The van der Waals surface area contributed by atoms with Crippen LogP contribution in [0.1, 0.15) is 17.0 Å². The highest BCUT2D eigenvalue weighted by atomic mass is 32.2. The standard InChI is InChI=1S/C11H15N5O2S/c1-8-2-3-9(5-12)4-10(8)19(17,18)15-6-11-13-7-14-16-11/h2-4,7,15H,5-6,12H2,1H3,(H,13,14,16). The predicted molar refractivity (Wildman–Crippen MR) is 69.5 cm³/mol. The zero-order chi connectivity index (χ0) is 13.9. The van der Waals surface area contributed by atoms with E-state index in [1.54, 1.807) is 19.1 Å². The summed E-state index contributed by atoms with van der Waals surface area (Å²) in [5.74, 6) is 0.455. The summed E-state index contributed by atoms with van der Waals surface area (Å²) < 4.78 is 26.9. The van der Waals surface area contributed by atoms with Crippen molar-refractivity contribution in [2.24, 2.45) is 5.73 Å². The molecule has 102 valence electrons. The van der Waals surface area contributed by atoms with Gasteiger partial charge in [-0.1, -0.05) is 12.1 Å². The summed E-state index contributed by atoms with van der Waals surface area (Å²) >= 11 is 0. The number of nitrogens with one attached hydrogen (secondary N) is 2. The Bertz CT molecular complexity index is 652.